The first-order valence-electron chi connectivity index (χ1n) is 6.64. The van der Waals surface area contributed by atoms with Crippen LogP contribution in [0, 0.1) is 4.64 Å². The van der Waals surface area contributed by atoms with Gasteiger partial charge in [-0.2, -0.15) is 5.10 Å². The van der Waals surface area contributed by atoms with Crippen molar-refractivity contribution < 1.29 is 9.53 Å². The van der Waals surface area contributed by atoms with E-state index in [1.807, 2.05) is 30.3 Å². The second kappa shape index (κ2) is 5.34. The van der Waals surface area contributed by atoms with Crippen LogP contribution in [0.15, 0.2) is 42.9 Å². The number of nitrogens with one attached hydrogen (secondary N) is 1. The summed E-state index contributed by atoms with van der Waals surface area (Å²) in [7, 11) is 1.36. The smallest absolute Gasteiger partial charge is 0.336 e. The van der Waals surface area contributed by atoms with Crippen molar-refractivity contribution in [3.63, 3.8) is 0 Å². The van der Waals surface area contributed by atoms with E-state index in [-0.39, 0.29) is 0 Å². The van der Waals surface area contributed by atoms with Crippen molar-refractivity contribution >= 4 is 29.2 Å². The highest BCUT2D eigenvalue weighted by atomic mass is 32.1. The SMILES string of the molecule is COC(=O)C(C)(c1ccccc1)n1cnc2[nH]ncc2c1=S. The number of carbonyl (C=O) groups is 1. The predicted octanol–water partition coefficient (Wildman–Crippen LogP) is 2.43. The zero-order valence-corrected chi connectivity index (χ0v) is 12.9. The molecule has 1 atom stereocenters. The molecule has 22 heavy (non-hydrogen) atoms. The quantitative estimate of drug-likeness (QED) is 0.594. The van der Waals surface area contributed by atoms with E-state index >= 15 is 0 Å². The Balaban J connectivity index is 2.32. The van der Waals surface area contributed by atoms with E-state index in [2.05, 4.69) is 15.2 Å². The minimum Gasteiger partial charge on any atom is -0.467 e. The van der Waals surface area contributed by atoms with E-state index in [1.54, 1.807) is 17.7 Å². The molecule has 0 radical (unpaired) electrons. The maximum absolute atomic E-state index is 12.5. The van der Waals surface area contributed by atoms with Crippen LogP contribution in [0.1, 0.15) is 12.5 Å². The van der Waals surface area contributed by atoms with Gasteiger partial charge in [0.25, 0.3) is 0 Å². The molecular weight excluding hydrogens is 300 g/mol. The molecule has 0 bridgehead atoms. The third kappa shape index (κ3) is 2.01. The lowest BCUT2D eigenvalue weighted by Gasteiger charge is -2.30. The summed E-state index contributed by atoms with van der Waals surface area (Å²) >= 11 is 5.52. The van der Waals surface area contributed by atoms with Crippen molar-refractivity contribution in [2.45, 2.75) is 12.5 Å². The van der Waals surface area contributed by atoms with Crippen LogP contribution in [0.3, 0.4) is 0 Å². The molecule has 7 heteroatoms. The first kappa shape index (κ1) is 14.4. The number of esters is 1. The van der Waals surface area contributed by atoms with Gasteiger partial charge in [-0.3, -0.25) is 5.10 Å². The van der Waals surface area contributed by atoms with Crippen LogP contribution >= 0.6 is 12.2 Å². The molecule has 0 aliphatic heterocycles. The summed E-state index contributed by atoms with van der Waals surface area (Å²) in [6.07, 6.45) is 3.14. The van der Waals surface area contributed by atoms with Crippen LogP contribution in [0.5, 0.6) is 0 Å². The highest BCUT2D eigenvalue weighted by Gasteiger charge is 2.39. The molecule has 6 nitrogen and oxygen atoms in total. The minimum absolute atomic E-state index is 0.417. The fourth-order valence-electron chi connectivity index (χ4n) is 2.47. The van der Waals surface area contributed by atoms with Crippen molar-refractivity contribution in [2.24, 2.45) is 0 Å². The third-order valence-corrected chi connectivity index (χ3v) is 4.19. The van der Waals surface area contributed by atoms with Crippen LogP contribution < -0.4 is 0 Å². The summed E-state index contributed by atoms with van der Waals surface area (Å²) in [5, 5.41) is 7.39. The van der Waals surface area contributed by atoms with Crippen LogP contribution in [-0.4, -0.2) is 32.8 Å². The molecule has 1 unspecified atom stereocenters. The molecule has 3 rings (SSSR count). The van der Waals surface area contributed by atoms with Crippen molar-refractivity contribution in [1.82, 2.24) is 19.7 Å². The summed E-state index contributed by atoms with van der Waals surface area (Å²) in [6.45, 7) is 1.76. The molecule has 1 N–H and O–H groups in total. The lowest BCUT2D eigenvalue weighted by atomic mass is 9.91. The van der Waals surface area contributed by atoms with Gasteiger partial charge in [0.15, 0.2) is 11.2 Å². The molecule has 0 saturated heterocycles. The highest BCUT2D eigenvalue weighted by Crippen LogP contribution is 2.29. The van der Waals surface area contributed by atoms with E-state index in [1.165, 1.54) is 13.4 Å². The Morgan fingerprint density at radius 2 is 2.09 bits per heavy atom. The van der Waals surface area contributed by atoms with Crippen LogP contribution in [0.2, 0.25) is 0 Å². The lowest BCUT2D eigenvalue weighted by molar-refractivity contribution is -0.148. The van der Waals surface area contributed by atoms with Crippen molar-refractivity contribution in [1.29, 1.82) is 0 Å². The summed E-state index contributed by atoms with van der Waals surface area (Å²) in [5.41, 5.74) is 0.245. The van der Waals surface area contributed by atoms with Gasteiger partial charge >= 0.3 is 5.97 Å². The molecular formula is C15H14N4O2S. The first-order chi connectivity index (χ1) is 10.6. The zero-order valence-electron chi connectivity index (χ0n) is 12.1. The summed E-state index contributed by atoms with van der Waals surface area (Å²) in [6, 6.07) is 9.34. The normalized spacial score (nSPS) is 13.7. The average molecular weight is 314 g/mol. The van der Waals surface area contributed by atoms with Gasteiger partial charge < -0.3 is 9.30 Å². The molecule has 2 aromatic heterocycles. The first-order valence-corrected chi connectivity index (χ1v) is 7.05. The molecule has 0 aliphatic rings. The number of benzene rings is 1. The number of H-pyrrole nitrogens is 1. The molecule has 112 valence electrons. The number of aromatic nitrogens is 4. The Bertz CT molecular complexity index is 887. The number of ether oxygens (including phenoxy) is 1. The lowest BCUT2D eigenvalue weighted by Crippen LogP contribution is -2.41. The van der Waals surface area contributed by atoms with Gasteiger partial charge in [-0.25, -0.2) is 9.78 Å². The molecule has 1 aromatic carbocycles. The predicted molar refractivity (Wildman–Crippen MR) is 83.9 cm³/mol. The van der Waals surface area contributed by atoms with E-state index < -0.39 is 11.5 Å². The fourth-order valence-corrected chi connectivity index (χ4v) is 2.85. The van der Waals surface area contributed by atoms with Crippen LogP contribution in [0.25, 0.3) is 11.0 Å². The molecule has 3 aromatic rings. The average Bonchev–Trinajstić information content (AvgIpc) is 3.04. The van der Waals surface area contributed by atoms with Gasteiger partial charge in [-0.05, 0) is 12.5 Å². The molecule has 0 amide bonds. The monoisotopic (exact) mass is 314 g/mol. The minimum atomic E-state index is -1.11. The van der Waals surface area contributed by atoms with E-state index in [9.17, 15) is 4.79 Å². The maximum atomic E-state index is 12.5. The van der Waals surface area contributed by atoms with Gasteiger partial charge in [-0.15, -0.1) is 0 Å². The van der Waals surface area contributed by atoms with Crippen LogP contribution in [-0.2, 0) is 15.1 Å². The van der Waals surface area contributed by atoms with Gasteiger partial charge in [-0.1, -0.05) is 42.5 Å². The largest absolute Gasteiger partial charge is 0.467 e. The number of methoxy groups -OCH3 is 1. The molecule has 0 aliphatic carbocycles. The van der Waals surface area contributed by atoms with Crippen molar-refractivity contribution in [3.8, 4) is 0 Å². The van der Waals surface area contributed by atoms with Gasteiger partial charge in [0, 0.05) is 0 Å². The number of carbonyl (C=O) groups excluding carboxylic acids is 1. The van der Waals surface area contributed by atoms with Crippen LogP contribution in [0.4, 0.5) is 0 Å². The number of fused-ring (bicyclic) bond motifs is 1. The highest BCUT2D eigenvalue weighted by molar-refractivity contribution is 7.71. The number of hydrogen-bond acceptors (Lipinski definition) is 5. The Kier molecular flexibility index (Phi) is 3.50. The standard InChI is InChI=1S/C15H14N4O2S/c1-15(14(20)21-2,10-6-4-3-5-7-10)19-9-16-12-11(13(19)22)8-17-18-12/h3-9H,1-2H3,(H,17,18). The number of rotatable bonds is 3. The topological polar surface area (TPSA) is 72.8 Å². The fraction of sp³-hybridized carbons (Fsp3) is 0.200. The molecule has 0 fully saturated rings. The summed E-state index contributed by atoms with van der Waals surface area (Å²) in [5.74, 6) is -0.417. The number of aromatic amines is 1. The van der Waals surface area contributed by atoms with E-state index in [0.717, 1.165) is 5.56 Å². The molecule has 2 heterocycles. The van der Waals surface area contributed by atoms with Gasteiger partial charge in [0.2, 0.25) is 0 Å². The summed E-state index contributed by atoms with van der Waals surface area (Å²) < 4.78 is 7.12. The zero-order chi connectivity index (χ0) is 15.7. The van der Waals surface area contributed by atoms with Crippen molar-refractivity contribution in [2.75, 3.05) is 7.11 Å². The van der Waals surface area contributed by atoms with E-state index in [4.69, 9.17) is 17.0 Å². The van der Waals surface area contributed by atoms with Crippen molar-refractivity contribution in [3.05, 3.63) is 53.1 Å². The molecule has 0 saturated carbocycles. The second-order valence-electron chi connectivity index (χ2n) is 4.98. The van der Waals surface area contributed by atoms with E-state index in [0.29, 0.717) is 15.7 Å². The Morgan fingerprint density at radius 1 is 1.36 bits per heavy atom. The molecule has 0 spiro atoms. The Labute approximate surface area is 131 Å². The maximum Gasteiger partial charge on any atom is 0.336 e. The summed E-state index contributed by atoms with van der Waals surface area (Å²) in [4.78, 5) is 16.8. The Hall–Kier alpha value is -2.54. The Morgan fingerprint density at radius 3 is 2.77 bits per heavy atom. The number of nitrogens with zero attached hydrogens (tertiary/aromatic N) is 3. The second-order valence-corrected chi connectivity index (χ2v) is 5.37. The van der Waals surface area contributed by atoms with Gasteiger partial charge in [0.1, 0.15) is 4.64 Å². The third-order valence-electron chi connectivity index (χ3n) is 3.77. The number of hydrogen-bond donors (Lipinski definition) is 1. The van der Waals surface area contributed by atoms with Gasteiger partial charge in [0.05, 0.1) is 25.0 Å².